The van der Waals surface area contributed by atoms with Crippen LogP contribution in [0.2, 0.25) is 5.02 Å². The van der Waals surface area contributed by atoms with Crippen molar-refractivity contribution in [2.24, 2.45) is 0 Å². The molecule has 1 amide bonds. The lowest BCUT2D eigenvalue weighted by atomic mass is 10.0. The van der Waals surface area contributed by atoms with E-state index < -0.39 is 0 Å². The summed E-state index contributed by atoms with van der Waals surface area (Å²) in [5, 5.41) is 3.66. The highest BCUT2D eigenvalue weighted by Gasteiger charge is 2.14. The van der Waals surface area contributed by atoms with Crippen LogP contribution in [-0.4, -0.2) is 50.4 Å². The second-order valence-corrected chi connectivity index (χ2v) is 6.09. The number of amides is 1. The molecule has 2 aromatic rings. The first-order valence-electron chi connectivity index (χ1n) is 7.90. The van der Waals surface area contributed by atoms with Crippen LogP contribution < -0.4 is 5.32 Å². The summed E-state index contributed by atoms with van der Waals surface area (Å²) in [5.74, 6) is -0.194. The van der Waals surface area contributed by atoms with Crippen LogP contribution in [0.3, 0.4) is 0 Å². The van der Waals surface area contributed by atoms with Gasteiger partial charge in [-0.3, -0.25) is 9.59 Å². The van der Waals surface area contributed by atoms with Gasteiger partial charge in [0, 0.05) is 42.5 Å². The summed E-state index contributed by atoms with van der Waals surface area (Å²) in [6, 6.07) is 14.2. The van der Waals surface area contributed by atoms with E-state index in [1.54, 1.807) is 44.4 Å². The average molecular weight is 361 g/mol. The van der Waals surface area contributed by atoms with Gasteiger partial charge in [-0.25, -0.2) is 0 Å². The fraction of sp³-hybridized carbons (Fsp3) is 0.263. The zero-order valence-corrected chi connectivity index (χ0v) is 15.0. The highest BCUT2D eigenvalue weighted by atomic mass is 35.5. The molecule has 0 spiro atoms. The van der Waals surface area contributed by atoms with Crippen LogP contribution in [0.5, 0.6) is 0 Å². The number of ketones is 1. The van der Waals surface area contributed by atoms with Crippen LogP contribution >= 0.6 is 11.6 Å². The Morgan fingerprint density at radius 2 is 1.84 bits per heavy atom. The number of rotatable bonds is 8. The molecule has 0 aliphatic rings. The normalized spacial score (nSPS) is 10.4. The Bertz CT molecular complexity index is 733. The third kappa shape index (κ3) is 5.59. The number of carbonyl (C=O) groups is 2. The van der Waals surface area contributed by atoms with E-state index in [9.17, 15) is 9.59 Å². The molecule has 0 heterocycles. The van der Waals surface area contributed by atoms with Crippen LogP contribution in [0, 0.1) is 0 Å². The largest absolute Gasteiger partial charge is 0.382 e. The van der Waals surface area contributed by atoms with Crippen molar-refractivity contribution in [1.82, 2.24) is 4.90 Å². The predicted octanol–water partition coefficient (Wildman–Crippen LogP) is 3.09. The van der Waals surface area contributed by atoms with Gasteiger partial charge in [0.1, 0.15) is 6.61 Å². The summed E-state index contributed by atoms with van der Waals surface area (Å²) in [4.78, 5) is 25.6. The predicted molar refractivity (Wildman–Crippen MR) is 99.3 cm³/mol. The molecule has 0 aromatic heterocycles. The SMILES string of the molecule is CN(C)C(=O)COCCNc1ccc(Cl)cc1C(=O)c1ccccc1. The molecule has 0 aliphatic heterocycles. The molecular weight excluding hydrogens is 340 g/mol. The molecule has 5 nitrogen and oxygen atoms in total. The molecular formula is C19H21ClN2O3. The molecule has 25 heavy (non-hydrogen) atoms. The summed E-state index contributed by atoms with van der Waals surface area (Å²) < 4.78 is 5.32. The minimum atomic E-state index is -0.102. The smallest absolute Gasteiger partial charge is 0.248 e. The molecule has 0 fully saturated rings. The molecule has 0 saturated carbocycles. The summed E-state index contributed by atoms with van der Waals surface area (Å²) in [5.41, 5.74) is 1.78. The molecule has 0 bridgehead atoms. The number of halogens is 1. The molecule has 2 rings (SSSR count). The Hall–Kier alpha value is -2.37. The van der Waals surface area contributed by atoms with Crippen molar-refractivity contribution >= 4 is 29.0 Å². The maximum Gasteiger partial charge on any atom is 0.248 e. The van der Waals surface area contributed by atoms with Crippen molar-refractivity contribution in [3.05, 3.63) is 64.7 Å². The van der Waals surface area contributed by atoms with Gasteiger partial charge in [-0.15, -0.1) is 0 Å². The number of benzene rings is 2. The first kappa shape index (κ1) is 19.0. The minimum Gasteiger partial charge on any atom is -0.382 e. The lowest BCUT2D eigenvalue weighted by molar-refractivity contribution is -0.133. The first-order chi connectivity index (χ1) is 12.0. The molecule has 6 heteroatoms. The van der Waals surface area contributed by atoms with E-state index in [2.05, 4.69) is 5.32 Å². The van der Waals surface area contributed by atoms with E-state index in [0.717, 1.165) is 0 Å². The average Bonchev–Trinajstić information content (AvgIpc) is 2.62. The van der Waals surface area contributed by atoms with Crippen molar-refractivity contribution in [3.8, 4) is 0 Å². The highest BCUT2D eigenvalue weighted by Crippen LogP contribution is 2.23. The van der Waals surface area contributed by atoms with Gasteiger partial charge < -0.3 is 15.0 Å². The topological polar surface area (TPSA) is 58.6 Å². The van der Waals surface area contributed by atoms with Gasteiger partial charge >= 0.3 is 0 Å². The van der Waals surface area contributed by atoms with E-state index in [-0.39, 0.29) is 18.3 Å². The Balaban J connectivity index is 1.99. The van der Waals surface area contributed by atoms with Gasteiger partial charge in [-0.1, -0.05) is 41.9 Å². The van der Waals surface area contributed by atoms with Gasteiger partial charge in [0.2, 0.25) is 5.91 Å². The maximum absolute atomic E-state index is 12.7. The van der Waals surface area contributed by atoms with Gasteiger partial charge in [-0.05, 0) is 18.2 Å². The molecule has 132 valence electrons. The van der Waals surface area contributed by atoms with Crippen LogP contribution in [0.15, 0.2) is 48.5 Å². The third-order valence-corrected chi connectivity index (χ3v) is 3.78. The van der Waals surface area contributed by atoms with E-state index in [1.807, 2.05) is 18.2 Å². The van der Waals surface area contributed by atoms with Crippen molar-refractivity contribution in [3.63, 3.8) is 0 Å². The van der Waals surface area contributed by atoms with Gasteiger partial charge in [0.05, 0.1) is 6.61 Å². The Kier molecular flexibility index (Phi) is 6.98. The standard InChI is InChI=1S/C19H21ClN2O3/c1-22(2)18(23)13-25-11-10-21-17-9-8-15(20)12-16(17)19(24)14-6-4-3-5-7-14/h3-9,12,21H,10-11,13H2,1-2H3. The monoisotopic (exact) mass is 360 g/mol. The second kappa shape index (κ2) is 9.20. The van der Waals surface area contributed by atoms with Crippen LogP contribution in [0.4, 0.5) is 5.69 Å². The zero-order valence-electron chi connectivity index (χ0n) is 14.3. The fourth-order valence-corrected chi connectivity index (χ4v) is 2.32. The molecule has 0 saturated heterocycles. The van der Waals surface area contributed by atoms with Crippen LogP contribution in [-0.2, 0) is 9.53 Å². The van der Waals surface area contributed by atoms with Crippen molar-refractivity contribution < 1.29 is 14.3 Å². The number of carbonyl (C=O) groups excluding carboxylic acids is 2. The molecule has 0 aliphatic carbocycles. The quantitative estimate of drug-likeness (QED) is 0.580. The van der Waals surface area contributed by atoms with Crippen LogP contribution in [0.1, 0.15) is 15.9 Å². The number of nitrogens with one attached hydrogen (secondary N) is 1. The Morgan fingerprint density at radius 3 is 2.52 bits per heavy atom. The zero-order chi connectivity index (χ0) is 18.2. The lowest BCUT2D eigenvalue weighted by Crippen LogP contribution is -2.27. The number of nitrogens with zero attached hydrogens (tertiary/aromatic N) is 1. The van der Waals surface area contributed by atoms with E-state index in [1.165, 1.54) is 4.90 Å². The number of ether oxygens (including phenoxy) is 1. The second-order valence-electron chi connectivity index (χ2n) is 5.65. The lowest BCUT2D eigenvalue weighted by Gasteiger charge is -2.13. The van der Waals surface area contributed by atoms with Gasteiger partial charge in [0.15, 0.2) is 5.78 Å². The van der Waals surface area contributed by atoms with Crippen molar-refractivity contribution in [2.75, 3.05) is 39.2 Å². The first-order valence-corrected chi connectivity index (χ1v) is 8.28. The number of hydrogen-bond donors (Lipinski definition) is 1. The highest BCUT2D eigenvalue weighted by molar-refractivity contribution is 6.31. The summed E-state index contributed by atoms with van der Waals surface area (Å²) in [6.45, 7) is 0.851. The minimum absolute atomic E-state index is 0.0328. The fourth-order valence-electron chi connectivity index (χ4n) is 2.15. The molecule has 0 radical (unpaired) electrons. The molecule has 2 aromatic carbocycles. The van der Waals surface area contributed by atoms with Gasteiger partial charge in [-0.2, -0.15) is 0 Å². The number of anilines is 1. The van der Waals surface area contributed by atoms with E-state index in [4.69, 9.17) is 16.3 Å². The van der Waals surface area contributed by atoms with Gasteiger partial charge in [0.25, 0.3) is 0 Å². The van der Waals surface area contributed by atoms with Crippen molar-refractivity contribution in [2.45, 2.75) is 0 Å². The summed E-state index contributed by atoms with van der Waals surface area (Å²) >= 11 is 6.05. The summed E-state index contributed by atoms with van der Waals surface area (Å²) in [6.07, 6.45) is 0. The summed E-state index contributed by atoms with van der Waals surface area (Å²) in [7, 11) is 3.36. The number of likely N-dealkylation sites (N-methyl/N-ethyl adjacent to an activating group) is 1. The third-order valence-electron chi connectivity index (χ3n) is 3.55. The van der Waals surface area contributed by atoms with E-state index in [0.29, 0.717) is 35.0 Å². The number of hydrogen-bond acceptors (Lipinski definition) is 4. The van der Waals surface area contributed by atoms with Crippen molar-refractivity contribution in [1.29, 1.82) is 0 Å². The molecule has 0 unspecified atom stereocenters. The molecule has 0 atom stereocenters. The molecule has 1 N–H and O–H groups in total. The Labute approximate surface area is 152 Å². The maximum atomic E-state index is 12.7. The Morgan fingerprint density at radius 1 is 1.12 bits per heavy atom. The van der Waals surface area contributed by atoms with Crippen LogP contribution in [0.25, 0.3) is 0 Å². The van der Waals surface area contributed by atoms with E-state index >= 15 is 0 Å².